The molecule has 234 valence electrons. The number of fused-ring (bicyclic) bond motifs is 2. The number of ether oxygens (including phenoxy) is 2. The van der Waals surface area contributed by atoms with Gasteiger partial charge in [-0.2, -0.15) is 15.1 Å². The minimum Gasteiger partial charge on any atom is -0.494 e. The van der Waals surface area contributed by atoms with E-state index in [1.54, 1.807) is 7.11 Å². The number of benzene rings is 2. The number of nitrogens with one attached hydrogen (secondary N) is 1. The van der Waals surface area contributed by atoms with Crippen molar-refractivity contribution in [3.05, 3.63) is 54.8 Å². The lowest BCUT2D eigenvalue weighted by molar-refractivity contribution is -0.139. The van der Waals surface area contributed by atoms with Crippen molar-refractivity contribution < 1.29 is 14.3 Å². The molecule has 10 nitrogen and oxygen atoms in total. The van der Waals surface area contributed by atoms with Gasteiger partial charge in [0.1, 0.15) is 17.4 Å². The van der Waals surface area contributed by atoms with Gasteiger partial charge in [-0.15, -0.1) is 0 Å². The number of nitrogens with zero attached hydrogens (tertiary/aromatic N) is 6. The number of aromatic amines is 1. The third-order valence-corrected chi connectivity index (χ3v) is 10.0. The Labute approximate surface area is 263 Å². The smallest absolute Gasteiger partial charge is 0.319 e. The number of methoxy groups -OCH3 is 1. The minimum absolute atomic E-state index is 0.0155. The molecule has 0 atom stereocenters. The SMILES string of the molecule is C=CC(=O)N1CC2(CCN(c3nc(OC4CCN(C)CC4)nc4c(OC)c(-c5c(C)ccc6[nH]ncc56)c(C=C)cc34)CC2)C1. The van der Waals surface area contributed by atoms with Crippen LogP contribution in [0.1, 0.15) is 36.8 Å². The zero-order chi connectivity index (χ0) is 31.3. The van der Waals surface area contributed by atoms with E-state index in [-0.39, 0.29) is 17.4 Å². The van der Waals surface area contributed by atoms with Crippen LogP contribution in [-0.2, 0) is 4.79 Å². The highest BCUT2D eigenvalue weighted by molar-refractivity contribution is 6.07. The van der Waals surface area contributed by atoms with Gasteiger partial charge in [0.05, 0.1) is 18.8 Å². The second-order valence-corrected chi connectivity index (χ2v) is 12.9. The zero-order valence-electron chi connectivity index (χ0n) is 26.4. The molecule has 3 aliphatic heterocycles. The maximum absolute atomic E-state index is 12.1. The highest BCUT2D eigenvalue weighted by Gasteiger charge is 2.46. The molecule has 5 heterocycles. The number of rotatable bonds is 7. The fraction of sp³-hybridized carbons (Fsp3) is 0.429. The Morgan fingerprint density at radius 1 is 1.07 bits per heavy atom. The average molecular weight is 608 g/mol. The van der Waals surface area contributed by atoms with Gasteiger partial charge in [0.2, 0.25) is 5.91 Å². The van der Waals surface area contributed by atoms with Gasteiger partial charge in [-0.05, 0) is 74.6 Å². The monoisotopic (exact) mass is 607 g/mol. The van der Waals surface area contributed by atoms with Gasteiger partial charge in [-0.1, -0.05) is 25.3 Å². The Bertz CT molecular complexity index is 1790. The van der Waals surface area contributed by atoms with E-state index in [0.717, 1.165) is 115 Å². The number of likely N-dealkylation sites (tertiary alicyclic amines) is 2. The number of anilines is 1. The molecule has 45 heavy (non-hydrogen) atoms. The largest absolute Gasteiger partial charge is 0.494 e. The third-order valence-electron chi connectivity index (χ3n) is 10.0. The molecule has 3 aliphatic rings. The molecule has 3 saturated heterocycles. The molecular formula is C35H41N7O3. The molecule has 10 heteroatoms. The van der Waals surface area contributed by atoms with Crippen LogP contribution in [0.3, 0.4) is 0 Å². The van der Waals surface area contributed by atoms with E-state index in [0.29, 0.717) is 11.8 Å². The molecule has 0 radical (unpaired) electrons. The molecule has 1 spiro atoms. The molecule has 2 aromatic carbocycles. The summed E-state index contributed by atoms with van der Waals surface area (Å²) >= 11 is 0. The van der Waals surface area contributed by atoms with Crippen molar-refractivity contribution in [1.29, 1.82) is 0 Å². The fourth-order valence-electron chi connectivity index (χ4n) is 7.40. The van der Waals surface area contributed by atoms with E-state index in [4.69, 9.17) is 19.4 Å². The van der Waals surface area contributed by atoms with Gasteiger partial charge in [-0.3, -0.25) is 9.89 Å². The Hall–Kier alpha value is -4.44. The van der Waals surface area contributed by atoms with Crippen molar-refractivity contribution >= 4 is 39.6 Å². The van der Waals surface area contributed by atoms with Gasteiger partial charge in [-0.25, -0.2) is 0 Å². The van der Waals surface area contributed by atoms with Gasteiger partial charge in [0.25, 0.3) is 0 Å². The van der Waals surface area contributed by atoms with Crippen LogP contribution in [0.4, 0.5) is 5.82 Å². The molecule has 0 unspecified atom stereocenters. The number of hydrogen-bond acceptors (Lipinski definition) is 8. The van der Waals surface area contributed by atoms with Gasteiger partial charge >= 0.3 is 6.01 Å². The minimum atomic E-state index is 0.0155. The second-order valence-electron chi connectivity index (χ2n) is 12.9. The summed E-state index contributed by atoms with van der Waals surface area (Å²) in [5.41, 5.74) is 5.84. The van der Waals surface area contributed by atoms with E-state index >= 15 is 0 Å². The van der Waals surface area contributed by atoms with E-state index < -0.39 is 0 Å². The second kappa shape index (κ2) is 11.5. The first kappa shape index (κ1) is 29.3. The van der Waals surface area contributed by atoms with Gasteiger partial charge < -0.3 is 24.2 Å². The lowest BCUT2D eigenvalue weighted by Crippen LogP contribution is -2.61. The van der Waals surface area contributed by atoms with Crippen molar-refractivity contribution in [2.45, 2.75) is 38.7 Å². The molecule has 7 rings (SSSR count). The molecular weight excluding hydrogens is 566 g/mol. The van der Waals surface area contributed by atoms with Crippen LogP contribution in [0.15, 0.2) is 43.6 Å². The van der Waals surface area contributed by atoms with Crippen LogP contribution >= 0.6 is 0 Å². The first-order chi connectivity index (χ1) is 21.8. The third kappa shape index (κ3) is 5.10. The van der Waals surface area contributed by atoms with Gasteiger partial charge in [0, 0.05) is 61.0 Å². The topological polar surface area (TPSA) is 99.7 Å². The number of hydrogen-bond donors (Lipinski definition) is 1. The Morgan fingerprint density at radius 2 is 1.82 bits per heavy atom. The standard InChI is InChI=1S/C35H41N7O3/c1-6-23-18-25-31(32(44-5)30(23)29-22(3)8-9-27-26(29)19-36-39-27)37-34(45-24-10-14-40(4)15-11-24)38-33(25)41-16-12-35(13-17-41)20-42(21-35)28(43)7-2/h6-9,18-19,24H,1-2,10-17,20-21H2,3-5H3,(H,36,39). The Morgan fingerprint density at radius 3 is 2.51 bits per heavy atom. The van der Waals surface area contributed by atoms with Crippen LogP contribution in [0, 0.1) is 12.3 Å². The van der Waals surface area contributed by atoms with Crippen LogP contribution in [0.2, 0.25) is 0 Å². The summed E-state index contributed by atoms with van der Waals surface area (Å²) < 4.78 is 12.8. The Kier molecular flexibility index (Phi) is 7.47. The number of piperidine rings is 2. The van der Waals surface area contributed by atoms with Crippen molar-refractivity contribution in [3.63, 3.8) is 0 Å². The van der Waals surface area contributed by atoms with Crippen LogP contribution < -0.4 is 14.4 Å². The average Bonchev–Trinajstić information content (AvgIpc) is 3.52. The fourth-order valence-corrected chi connectivity index (χ4v) is 7.40. The molecule has 3 fully saturated rings. The van der Waals surface area contributed by atoms with Crippen molar-refractivity contribution in [3.8, 4) is 22.9 Å². The molecule has 4 aromatic rings. The maximum Gasteiger partial charge on any atom is 0.319 e. The summed E-state index contributed by atoms with van der Waals surface area (Å²) in [7, 11) is 3.84. The molecule has 0 saturated carbocycles. The number of aromatic nitrogens is 4. The van der Waals surface area contributed by atoms with E-state index in [1.807, 2.05) is 23.2 Å². The zero-order valence-corrected chi connectivity index (χ0v) is 26.4. The van der Waals surface area contributed by atoms with Crippen molar-refractivity contribution in [2.75, 3.05) is 58.3 Å². The van der Waals surface area contributed by atoms with Crippen molar-refractivity contribution in [1.82, 2.24) is 30.0 Å². The molecule has 2 aromatic heterocycles. The summed E-state index contributed by atoms with van der Waals surface area (Å²) in [6.45, 7) is 15.2. The molecule has 1 N–H and O–H groups in total. The van der Waals surface area contributed by atoms with Gasteiger partial charge in [0.15, 0.2) is 5.75 Å². The van der Waals surface area contributed by atoms with Crippen LogP contribution in [-0.4, -0.2) is 95.4 Å². The summed E-state index contributed by atoms with van der Waals surface area (Å²) in [4.78, 5) is 28.9. The lowest BCUT2D eigenvalue weighted by Gasteiger charge is -2.54. The van der Waals surface area contributed by atoms with Crippen molar-refractivity contribution in [2.24, 2.45) is 5.41 Å². The number of amides is 1. The summed E-state index contributed by atoms with van der Waals surface area (Å²) in [5.74, 6) is 1.53. The number of H-pyrrole nitrogens is 1. The van der Waals surface area contributed by atoms with E-state index in [9.17, 15) is 4.79 Å². The highest BCUT2D eigenvalue weighted by atomic mass is 16.5. The summed E-state index contributed by atoms with van der Waals surface area (Å²) in [6.07, 6.45) is 9.03. The normalized spacial score (nSPS) is 18.7. The van der Waals surface area contributed by atoms with Crippen LogP contribution in [0.5, 0.6) is 11.8 Å². The first-order valence-electron chi connectivity index (χ1n) is 15.8. The Balaban J connectivity index is 1.34. The van der Waals surface area contributed by atoms with Crippen LogP contribution in [0.25, 0.3) is 39.0 Å². The summed E-state index contributed by atoms with van der Waals surface area (Å²) in [5, 5.41) is 9.36. The number of carbonyl (C=O) groups excluding carboxylic acids is 1. The predicted molar refractivity (Wildman–Crippen MR) is 178 cm³/mol. The molecule has 0 bridgehead atoms. The highest BCUT2D eigenvalue weighted by Crippen LogP contribution is 2.47. The van der Waals surface area contributed by atoms with E-state index in [1.165, 1.54) is 6.08 Å². The predicted octanol–water partition coefficient (Wildman–Crippen LogP) is 5.22. The quantitative estimate of drug-likeness (QED) is 0.286. The molecule has 0 aliphatic carbocycles. The number of aryl methyl sites for hydroxylation is 1. The lowest BCUT2D eigenvalue weighted by atomic mass is 9.72. The maximum atomic E-state index is 12.1. The summed E-state index contributed by atoms with van der Waals surface area (Å²) in [6, 6.07) is 6.67. The number of carbonyl (C=O) groups is 1. The molecule has 1 amide bonds. The van der Waals surface area contributed by atoms with E-state index in [2.05, 4.69) is 59.3 Å². The first-order valence-corrected chi connectivity index (χ1v) is 15.8.